The zero-order valence-electron chi connectivity index (χ0n) is 26.1. The van der Waals surface area contributed by atoms with Crippen molar-refractivity contribution in [3.63, 3.8) is 0 Å². The first-order valence-electron chi connectivity index (χ1n) is 16.4. The van der Waals surface area contributed by atoms with Gasteiger partial charge in [0.15, 0.2) is 0 Å². The van der Waals surface area contributed by atoms with Crippen LogP contribution in [0.25, 0.3) is 74.4 Å². The van der Waals surface area contributed by atoms with Crippen LogP contribution in [-0.2, 0) is 0 Å². The van der Waals surface area contributed by atoms with Gasteiger partial charge in [0.1, 0.15) is 0 Å². The highest BCUT2D eigenvalue weighted by atomic mass is 32.1. The van der Waals surface area contributed by atoms with Gasteiger partial charge in [-0.1, -0.05) is 127 Å². The van der Waals surface area contributed by atoms with E-state index in [2.05, 4.69) is 181 Å². The molecule has 0 N–H and O–H groups in total. The molecule has 0 radical (unpaired) electrons. The van der Waals surface area contributed by atoms with E-state index in [0.29, 0.717) is 0 Å². The monoisotopic (exact) mass is 627 g/mol. The molecular weight excluding hydrogens is 599 g/mol. The predicted molar refractivity (Wildman–Crippen MR) is 209 cm³/mol. The molecule has 0 atom stereocenters. The van der Waals surface area contributed by atoms with Crippen molar-refractivity contribution in [2.24, 2.45) is 0 Å². The van der Waals surface area contributed by atoms with Crippen molar-refractivity contribution in [2.75, 3.05) is 4.90 Å². The quantitative estimate of drug-likeness (QED) is 0.176. The van der Waals surface area contributed by atoms with Gasteiger partial charge in [-0.2, -0.15) is 0 Å². The summed E-state index contributed by atoms with van der Waals surface area (Å²) in [5, 5.41) is 12.8. The molecule has 0 aliphatic rings. The number of rotatable bonds is 4. The minimum Gasteiger partial charge on any atom is -0.310 e. The highest BCUT2D eigenvalue weighted by Crippen LogP contribution is 2.42. The predicted octanol–water partition coefficient (Wildman–Crippen LogP) is 13.8. The third-order valence-corrected chi connectivity index (χ3v) is 11.0. The lowest BCUT2D eigenvalue weighted by atomic mass is 9.96. The molecular formula is C46H29NS. The SMILES string of the molecule is c1ccc2c(-c3ccc(N(c4ccc5c(ccc6c7ccccc7ccc56)c4)c4ccc5sc6ccccc6c5c4)cc3)cccc2c1. The third-order valence-electron chi connectivity index (χ3n) is 9.83. The molecule has 0 saturated heterocycles. The number of benzene rings is 9. The first-order chi connectivity index (χ1) is 23.8. The van der Waals surface area contributed by atoms with Crippen molar-refractivity contribution in [1.29, 1.82) is 0 Å². The standard InChI is InChI=1S/C46H29NS/c1-3-11-37-30(8-1)10-7-14-38(37)32-16-20-34(21-17-32)47(36-23-27-46-44(29-36)43-13-5-6-15-45(43)48-46)35-22-26-40-33(28-35)19-25-41-39-12-4-2-9-31(39)18-24-42(40)41/h1-29H. The summed E-state index contributed by atoms with van der Waals surface area (Å²) in [5.41, 5.74) is 5.88. The normalized spacial score (nSPS) is 11.8. The Hall–Kier alpha value is -5.96. The average Bonchev–Trinajstić information content (AvgIpc) is 3.53. The molecule has 0 aliphatic heterocycles. The highest BCUT2D eigenvalue weighted by molar-refractivity contribution is 7.25. The minimum atomic E-state index is 1.13. The molecule has 2 heteroatoms. The van der Waals surface area contributed by atoms with Crippen molar-refractivity contribution in [3.05, 3.63) is 176 Å². The summed E-state index contributed by atoms with van der Waals surface area (Å²) in [6.07, 6.45) is 0. The number of anilines is 3. The number of fused-ring (bicyclic) bond motifs is 9. The molecule has 9 aromatic carbocycles. The fourth-order valence-corrected chi connectivity index (χ4v) is 8.61. The van der Waals surface area contributed by atoms with E-state index in [1.807, 2.05) is 11.3 Å². The van der Waals surface area contributed by atoms with Crippen LogP contribution in [0, 0.1) is 0 Å². The smallest absolute Gasteiger partial charge is 0.0468 e. The molecule has 0 amide bonds. The Balaban J connectivity index is 1.15. The summed E-state index contributed by atoms with van der Waals surface area (Å²) in [5.74, 6) is 0. The van der Waals surface area contributed by atoms with Crippen molar-refractivity contribution in [2.45, 2.75) is 0 Å². The molecule has 0 bridgehead atoms. The second-order valence-electron chi connectivity index (χ2n) is 12.5. The van der Waals surface area contributed by atoms with Gasteiger partial charge >= 0.3 is 0 Å². The largest absolute Gasteiger partial charge is 0.310 e. The van der Waals surface area contributed by atoms with Gasteiger partial charge < -0.3 is 4.90 Å². The zero-order valence-corrected chi connectivity index (χ0v) is 26.9. The summed E-state index contributed by atoms with van der Waals surface area (Å²) in [7, 11) is 0. The van der Waals surface area contributed by atoms with Gasteiger partial charge in [-0.05, 0) is 103 Å². The van der Waals surface area contributed by atoms with Crippen LogP contribution in [-0.4, -0.2) is 0 Å². The van der Waals surface area contributed by atoms with E-state index < -0.39 is 0 Å². The average molecular weight is 628 g/mol. The van der Waals surface area contributed by atoms with Gasteiger partial charge in [0.05, 0.1) is 0 Å². The van der Waals surface area contributed by atoms with Gasteiger partial charge in [-0.25, -0.2) is 0 Å². The summed E-state index contributed by atoms with van der Waals surface area (Å²) in [4.78, 5) is 2.41. The van der Waals surface area contributed by atoms with Gasteiger partial charge in [-0.3, -0.25) is 0 Å². The number of thiophene rings is 1. The molecule has 48 heavy (non-hydrogen) atoms. The Labute approximate surface area is 282 Å². The van der Waals surface area contributed by atoms with Crippen molar-refractivity contribution >= 4 is 91.7 Å². The maximum Gasteiger partial charge on any atom is 0.0468 e. The van der Waals surface area contributed by atoms with E-state index >= 15 is 0 Å². The molecule has 0 saturated carbocycles. The van der Waals surface area contributed by atoms with E-state index in [-0.39, 0.29) is 0 Å². The van der Waals surface area contributed by atoms with E-state index in [0.717, 1.165) is 17.1 Å². The van der Waals surface area contributed by atoms with Gasteiger partial charge in [0.25, 0.3) is 0 Å². The van der Waals surface area contributed by atoms with E-state index in [1.54, 1.807) is 0 Å². The maximum absolute atomic E-state index is 2.41. The molecule has 1 nitrogen and oxygen atoms in total. The van der Waals surface area contributed by atoms with Crippen LogP contribution < -0.4 is 4.90 Å². The Kier molecular flexibility index (Phi) is 6.12. The number of hydrogen-bond donors (Lipinski definition) is 0. The first kappa shape index (κ1) is 27.2. The van der Waals surface area contributed by atoms with E-state index in [4.69, 9.17) is 0 Å². The Morgan fingerprint density at radius 1 is 0.312 bits per heavy atom. The summed E-state index contributed by atoms with van der Waals surface area (Å²) < 4.78 is 2.63. The molecule has 10 aromatic rings. The maximum atomic E-state index is 2.41. The summed E-state index contributed by atoms with van der Waals surface area (Å²) in [6, 6.07) is 64.6. The minimum absolute atomic E-state index is 1.13. The molecule has 0 unspecified atom stereocenters. The fourth-order valence-electron chi connectivity index (χ4n) is 7.52. The molecule has 0 aliphatic carbocycles. The van der Waals surface area contributed by atoms with Crippen molar-refractivity contribution in [1.82, 2.24) is 0 Å². The zero-order chi connectivity index (χ0) is 31.6. The highest BCUT2D eigenvalue weighted by Gasteiger charge is 2.17. The van der Waals surface area contributed by atoms with Crippen molar-refractivity contribution < 1.29 is 0 Å². The van der Waals surface area contributed by atoms with Crippen molar-refractivity contribution in [3.8, 4) is 11.1 Å². The van der Waals surface area contributed by atoms with Crippen LogP contribution in [0.2, 0.25) is 0 Å². The third kappa shape index (κ3) is 4.31. The van der Waals surface area contributed by atoms with Crippen LogP contribution >= 0.6 is 11.3 Å². The lowest BCUT2D eigenvalue weighted by Gasteiger charge is -2.26. The van der Waals surface area contributed by atoms with Crippen LogP contribution in [0.5, 0.6) is 0 Å². The summed E-state index contributed by atoms with van der Waals surface area (Å²) in [6.45, 7) is 0. The van der Waals surface area contributed by atoms with Crippen LogP contribution in [0.3, 0.4) is 0 Å². The molecule has 0 spiro atoms. The molecule has 10 rings (SSSR count). The lowest BCUT2D eigenvalue weighted by Crippen LogP contribution is -2.09. The lowest BCUT2D eigenvalue weighted by molar-refractivity contribution is 1.30. The van der Waals surface area contributed by atoms with E-state index in [9.17, 15) is 0 Å². The second-order valence-corrected chi connectivity index (χ2v) is 13.6. The molecule has 0 fully saturated rings. The number of hydrogen-bond acceptors (Lipinski definition) is 2. The first-order valence-corrected chi connectivity index (χ1v) is 17.2. The Morgan fingerprint density at radius 2 is 0.875 bits per heavy atom. The molecule has 224 valence electrons. The van der Waals surface area contributed by atoms with Crippen LogP contribution in [0.1, 0.15) is 0 Å². The number of nitrogens with zero attached hydrogens (tertiary/aromatic N) is 1. The van der Waals surface area contributed by atoms with E-state index in [1.165, 1.54) is 74.4 Å². The Bertz CT molecular complexity index is 2840. The fraction of sp³-hybridized carbons (Fsp3) is 0. The molecule has 1 heterocycles. The summed E-state index contributed by atoms with van der Waals surface area (Å²) >= 11 is 1.86. The van der Waals surface area contributed by atoms with Gasteiger partial charge in [0.2, 0.25) is 0 Å². The van der Waals surface area contributed by atoms with Gasteiger partial charge in [0, 0.05) is 37.2 Å². The van der Waals surface area contributed by atoms with Crippen LogP contribution in [0.15, 0.2) is 176 Å². The van der Waals surface area contributed by atoms with Crippen LogP contribution in [0.4, 0.5) is 17.1 Å². The second kappa shape index (κ2) is 10.8. The van der Waals surface area contributed by atoms with Gasteiger partial charge in [-0.15, -0.1) is 11.3 Å². The molecule has 1 aromatic heterocycles. The Morgan fingerprint density at radius 3 is 1.71 bits per heavy atom. The topological polar surface area (TPSA) is 3.24 Å².